The van der Waals surface area contributed by atoms with E-state index in [0.717, 1.165) is 22.4 Å². The van der Waals surface area contributed by atoms with Gasteiger partial charge in [-0.05, 0) is 41.5 Å². The predicted octanol–water partition coefficient (Wildman–Crippen LogP) is 3.76. The summed E-state index contributed by atoms with van der Waals surface area (Å²) in [7, 11) is 0. The summed E-state index contributed by atoms with van der Waals surface area (Å²) in [5.74, 6) is 1.29. The number of benzene rings is 2. The first kappa shape index (κ1) is 11.4. The van der Waals surface area contributed by atoms with Gasteiger partial charge in [0, 0.05) is 0 Å². The lowest BCUT2D eigenvalue weighted by Gasteiger charge is -2.09. The molecular formula is C17H15N3. The quantitative estimate of drug-likeness (QED) is 0.764. The zero-order valence-corrected chi connectivity index (χ0v) is 11.1. The molecule has 1 saturated carbocycles. The van der Waals surface area contributed by atoms with Crippen molar-refractivity contribution in [2.75, 3.05) is 5.73 Å². The highest BCUT2D eigenvalue weighted by Gasteiger charge is 2.23. The Hall–Kier alpha value is -2.42. The van der Waals surface area contributed by atoms with Crippen molar-refractivity contribution in [1.82, 2.24) is 9.97 Å². The SMILES string of the molecule is Nc1ncnc2cccc(-c3cccc(C4CC4)c3)c12. The molecule has 0 atom stereocenters. The van der Waals surface area contributed by atoms with E-state index in [1.807, 2.05) is 12.1 Å². The van der Waals surface area contributed by atoms with E-state index in [2.05, 4.69) is 40.3 Å². The van der Waals surface area contributed by atoms with Gasteiger partial charge in [-0.3, -0.25) is 0 Å². The third-order valence-electron chi connectivity index (χ3n) is 3.94. The summed E-state index contributed by atoms with van der Waals surface area (Å²) in [6.45, 7) is 0. The Labute approximate surface area is 117 Å². The standard InChI is InChI=1S/C17H15N3/c18-17-16-14(5-2-6-15(16)19-10-20-17)13-4-1-3-12(9-13)11-7-8-11/h1-6,9-11H,7-8H2,(H2,18,19,20). The Morgan fingerprint density at radius 3 is 2.70 bits per heavy atom. The molecule has 1 heterocycles. The van der Waals surface area contributed by atoms with Crippen molar-refractivity contribution >= 4 is 16.7 Å². The normalized spacial score (nSPS) is 14.6. The fraction of sp³-hybridized carbons (Fsp3) is 0.176. The van der Waals surface area contributed by atoms with Crippen molar-refractivity contribution in [1.29, 1.82) is 0 Å². The van der Waals surface area contributed by atoms with E-state index in [0.29, 0.717) is 5.82 Å². The van der Waals surface area contributed by atoms with Crippen molar-refractivity contribution in [2.45, 2.75) is 18.8 Å². The number of rotatable bonds is 2. The molecule has 0 saturated heterocycles. The fourth-order valence-electron chi connectivity index (χ4n) is 2.75. The third kappa shape index (κ3) is 1.83. The zero-order chi connectivity index (χ0) is 13.5. The molecule has 1 fully saturated rings. The van der Waals surface area contributed by atoms with Gasteiger partial charge in [0.2, 0.25) is 0 Å². The fourth-order valence-corrected chi connectivity index (χ4v) is 2.75. The molecule has 4 rings (SSSR count). The van der Waals surface area contributed by atoms with Crippen molar-refractivity contribution < 1.29 is 0 Å². The van der Waals surface area contributed by atoms with Gasteiger partial charge in [-0.1, -0.05) is 36.4 Å². The molecule has 20 heavy (non-hydrogen) atoms. The van der Waals surface area contributed by atoms with E-state index in [1.165, 1.54) is 30.3 Å². The summed E-state index contributed by atoms with van der Waals surface area (Å²) < 4.78 is 0. The largest absolute Gasteiger partial charge is 0.383 e. The molecule has 0 unspecified atom stereocenters. The van der Waals surface area contributed by atoms with Crippen molar-refractivity contribution in [3.63, 3.8) is 0 Å². The Kier molecular flexibility index (Phi) is 2.46. The van der Waals surface area contributed by atoms with Crippen LogP contribution in [0.25, 0.3) is 22.0 Å². The van der Waals surface area contributed by atoms with E-state index in [-0.39, 0.29) is 0 Å². The van der Waals surface area contributed by atoms with Crippen molar-refractivity contribution in [3.05, 3.63) is 54.4 Å². The number of anilines is 1. The number of hydrogen-bond donors (Lipinski definition) is 1. The predicted molar refractivity (Wildman–Crippen MR) is 81.4 cm³/mol. The maximum Gasteiger partial charge on any atom is 0.135 e. The summed E-state index contributed by atoms with van der Waals surface area (Å²) in [4.78, 5) is 8.44. The van der Waals surface area contributed by atoms with E-state index in [4.69, 9.17) is 5.73 Å². The van der Waals surface area contributed by atoms with Gasteiger partial charge in [0.05, 0.1) is 10.9 Å². The van der Waals surface area contributed by atoms with Crippen LogP contribution in [0, 0.1) is 0 Å². The van der Waals surface area contributed by atoms with Crippen LogP contribution in [0.2, 0.25) is 0 Å². The molecular weight excluding hydrogens is 246 g/mol. The summed E-state index contributed by atoms with van der Waals surface area (Å²) >= 11 is 0. The molecule has 98 valence electrons. The first-order valence-electron chi connectivity index (χ1n) is 6.92. The molecule has 1 aromatic heterocycles. The second-order valence-electron chi connectivity index (χ2n) is 5.36. The maximum atomic E-state index is 6.05. The summed E-state index contributed by atoms with van der Waals surface area (Å²) in [5.41, 5.74) is 10.7. The monoisotopic (exact) mass is 261 g/mol. The Balaban J connectivity index is 1.95. The molecule has 0 radical (unpaired) electrons. The van der Waals surface area contributed by atoms with Gasteiger partial charge in [-0.15, -0.1) is 0 Å². The van der Waals surface area contributed by atoms with Crippen LogP contribution in [0.15, 0.2) is 48.8 Å². The maximum absolute atomic E-state index is 6.05. The lowest BCUT2D eigenvalue weighted by Crippen LogP contribution is -1.95. The number of nitrogens with zero attached hydrogens (tertiary/aromatic N) is 2. The highest BCUT2D eigenvalue weighted by Crippen LogP contribution is 2.41. The molecule has 0 aliphatic heterocycles. The van der Waals surface area contributed by atoms with Crippen LogP contribution in [0.4, 0.5) is 5.82 Å². The molecule has 0 amide bonds. The third-order valence-corrected chi connectivity index (χ3v) is 3.94. The van der Waals surface area contributed by atoms with Gasteiger partial charge in [0.1, 0.15) is 12.1 Å². The van der Waals surface area contributed by atoms with E-state index >= 15 is 0 Å². The smallest absolute Gasteiger partial charge is 0.135 e. The van der Waals surface area contributed by atoms with Gasteiger partial charge in [-0.25, -0.2) is 9.97 Å². The van der Waals surface area contributed by atoms with Crippen LogP contribution in [-0.4, -0.2) is 9.97 Å². The molecule has 1 aliphatic carbocycles. The Bertz CT molecular complexity index is 786. The Morgan fingerprint density at radius 1 is 1.00 bits per heavy atom. The van der Waals surface area contributed by atoms with Crippen LogP contribution < -0.4 is 5.73 Å². The second-order valence-corrected chi connectivity index (χ2v) is 5.36. The number of hydrogen-bond acceptors (Lipinski definition) is 3. The van der Waals surface area contributed by atoms with E-state index in [9.17, 15) is 0 Å². The van der Waals surface area contributed by atoms with Gasteiger partial charge in [0.25, 0.3) is 0 Å². The lowest BCUT2D eigenvalue weighted by molar-refractivity contribution is 1.13. The first-order valence-corrected chi connectivity index (χ1v) is 6.92. The zero-order valence-electron chi connectivity index (χ0n) is 11.1. The van der Waals surface area contributed by atoms with Crippen LogP contribution >= 0.6 is 0 Å². The molecule has 3 heteroatoms. The minimum atomic E-state index is 0.544. The lowest BCUT2D eigenvalue weighted by atomic mass is 9.98. The average molecular weight is 261 g/mol. The van der Waals surface area contributed by atoms with Gasteiger partial charge in [0.15, 0.2) is 0 Å². The second kappa shape index (κ2) is 4.30. The van der Waals surface area contributed by atoms with Crippen LogP contribution in [0.1, 0.15) is 24.3 Å². The Morgan fingerprint density at radius 2 is 1.85 bits per heavy atom. The topological polar surface area (TPSA) is 51.8 Å². The molecule has 0 spiro atoms. The van der Waals surface area contributed by atoms with Gasteiger partial charge in [-0.2, -0.15) is 0 Å². The van der Waals surface area contributed by atoms with Crippen molar-refractivity contribution in [3.8, 4) is 11.1 Å². The van der Waals surface area contributed by atoms with E-state index < -0.39 is 0 Å². The number of aromatic nitrogens is 2. The van der Waals surface area contributed by atoms with Crippen LogP contribution in [-0.2, 0) is 0 Å². The molecule has 3 nitrogen and oxygen atoms in total. The minimum absolute atomic E-state index is 0.544. The molecule has 2 aromatic carbocycles. The summed E-state index contributed by atoms with van der Waals surface area (Å²) in [6, 6.07) is 14.8. The minimum Gasteiger partial charge on any atom is -0.383 e. The van der Waals surface area contributed by atoms with Gasteiger partial charge < -0.3 is 5.73 Å². The summed E-state index contributed by atoms with van der Waals surface area (Å²) in [5, 5.41) is 0.947. The molecule has 1 aliphatic rings. The van der Waals surface area contributed by atoms with E-state index in [1.54, 1.807) is 0 Å². The summed E-state index contributed by atoms with van der Waals surface area (Å²) in [6.07, 6.45) is 4.14. The first-order chi connectivity index (χ1) is 9.83. The van der Waals surface area contributed by atoms with Gasteiger partial charge >= 0.3 is 0 Å². The van der Waals surface area contributed by atoms with Crippen molar-refractivity contribution in [2.24, 2.45) is 0 Å². The van der Waals surface area contributed by atoms with Crippen LogP contribution in [0.5, 0.6) is 0 Å². The van der Waals surface area contributed by atoms with Crippen LogP contribution in [0.3, 0.4) is 0 Å². The highest BCUT2D eigenvalue weighted by atomic mass is 14.9. The number of nitrogens with two attached hydrogens (primary N) is 1. The number of nitrogen functional groups attached to an aromatic ring is 1. The molecule has 2 N–H and O–H groups in total. The molecule has 3 aromatic rings. The average Bonchev–Trinajstić information content (AvgIpc) is 3.32. The molecule has 0 bridgehead atoms. The number of fused-ring (bicyclic) bond motifs is 1. The highest BCUT2D eigenvalue weighted by molar-refractivity contribution is 6.00.